The van der Waals surface area contributed by atoms with Crippen LogP contribution in [0.5, 0.6) is 0 Å². The van der Waals surface area contributed by atoms with E-state index in [-0.39, 0.29) is 49.9 Å². The topological polar surface area (TPSA) is 263 Å². The van der Waals surface area contributed by atoms with Crippen molar-refractivity contribution in [3.05, 3.63) is 0 Å². The average Bonchev–Trinajstić information content (AvgIpc) is 3.05. The molecule has 2 saturated carbocycles. The standard InChI is InChI=1S/C35H58N6O10/c1-20(2)16-25(32(47)41-28(35(50)51)18-23-12-8-5-9-13-23)38-34(49)27(19-30(44)45)40-33(48)26(17-22-10-6-4-7-11-22)39-31(46)24(37-21(3)42)14-15-29(36)43/h20,22-28H,4-19H2,1-3H3,(H2,36,43)(H,37,42)(H,38,49)(H,39,46)(H,40,48)(H,41,47)(H,44,45)(H,50,51)/t24-,25-,26-,27-,28-/m0/s1. The van der Waals surface area contributed by atoms with E-state index in [0.29, 0.717) is 0 Å². The van der Waals surface area contributed by atoms with Gasteiger partial charge in [0.25, 0.3) is 0 Å². The van der Waals surface area contributed by atoms with Crippen LogP contribution in [0.4, 0.5) is 0 Å². The van der Waals surface area contributed by atoms with Crippen LogP contribution in [0, 0.1) is 17.8 Å². The molecule has 0 saturated heterocycles. The van der Waals surface area contributed by atoms with Crippen LogP contribution in [0.2, 0.25) is 0 Å². The monoisotopic (exact) mass is 722 g/mol. The van der Waals surface area contributed by atoms with Gasteiger partial charge in [-0.2, -0.15) is 0 Å². The molecule has 0 aromatic heterocycles. The van der Waals surface area contributed by atoms with Gasteiger partial charge in [-0.3, -0.25) is 33.6 Å². The van der Waals surface area contributed by atoms with Crippen LogP contribution in [0.25, 0.3) is 0 Å². The number of carboxylic acids is 2. The van der Waals surface area contributed by atoms with Crippen LogP contribution in [0.3, 0.4) is 0 Å². The molecule has 0 aromatic rings. The molecule has 0 aliphatic heterocycles. The summed E-state index contributed by atoms with van der Waals surface area (Å²) in [5.74, 6) is -7.07. The zero-order chi connectivity index (χ0) is 38.1. The number of carbonyl (C=O) groups excluding carboxylic acids is 6. The Morgan fingerprint density at radius 1 is 0.608 bits per heavy atom. The van der Waals surface area contributed by atoms with E-state index in [2.05, 4.69) is 26.6 Å². The van der Waals surface area contributed by atoms with Gasteiger partial charge in [0.2, 0.25) is 35.4 Å². The lowest BCUT2D eigenvalue weighted by Crippen LogP contribution is -2.59. The fourth-order valence-electron chi connectivity index (χ4n) is 6.94. The number of primary amides is 1. The smallest absolute Gasteiger partial charge is 0.326 e. The van der Waals surface area contributed by atoms with Crippen LogP contribution >= 0.6 is 0 Å². The number of carbonyl (C=O) groups is 8. The maximum Gasteiger partial charge on any atom is 0.326 e. The number of nitrogens with two attached hydrogens (primary N) is 1. The Bertz CT molecular complexity index is 1230. The van der Waals surface area contributed by atoms with Crippen molar-refractivity contribution in [3.63, 3.8) is 0 Å². The van der Waals surface area contributed by atoms with Gasteiger partial charge in [0.1, 0.15) is 30.2 Å². The highest BCUT2D eigenvalue weighted by atomic mass is 16.4. The molecule has 16 nitrogen and oxygen atoms in total. The second-order valence-electron chi connectivity index (χ2n) is 14.5. The third kappa shape index (κ3) is 16.6. The molecule has 9 N–H and O–H groups in total. The molecular weight excluding hydrogens is 664 g/mol. The molecule has 0 heterocycles. The highest BCUT2D eigenvalue weighted by molar-refractivity contribution is 5.97. The Hall–Kier alpha value is -4.24. The van der Waals surface area contributed by atoms with E-state index >= 15 is 0 Å². The summed E-state index contributed by atoms with van der Waals surface area (Å²) in [4.78, 5) is 101. The molecule has 0 radical (unpaired) electrons. The number of nitrogens with one attached hydrogen (secondary N) is 5. The molecule has 0 bridgehead atoms. The van der Waals surface area contributed by atoms with Gasteiger partial charge in [0.05, 0.1) is 6.42 Å². The van der Waals surface area contributed by atoms with Gasteiger partial charge < -0.3 is 42.5 Å². The summed E-state index contributed by atoms with van der Waals surface area (Å²) >= 11 is 0. The number of amides is 6. The van der Waals surface area contributed by atoms with E-state index < -0.39 is 84.0 Å². The molecule has 2 fully saturated rings. The first-order chi connectivity index (χ1) is 24.0. The van der Waals surface area contributed by atoms with Gasteiger partial charge in [-0.05, 0) is 43.4 Å². The number of rotatable bonds is 21. The Morgan fingerprint density at radius 3 is 1.51 bits per heavy atom. The molecular formula is C35H58N6O10. The first-order valence-electron chi connectivity index (χ1n) is 18.3. The first kappa shape index (κ1) is 42.9. The van der Waals surface area contributed by atoms with Crippen molar-refractivity contribution in [1.29, 1.82) is 0 Å². The molecule has 288 valence electrons. The largest absolute Gasteiger partial charge is 0.481 e. The highest BCUT2D eigenvalue weighted by Gasteiger charge is 2.35. The van der Waals surface area contributed by atoms with E-state index in [1.54, 1.807) is 13.8 Å². The second-order valence-corrected chi connectivity index (χ2v) is 14.5. The number of hydrogen-bond donors (Lipinski definition) is 8. The summed E-state index contributed by atoms with van der Waals surface area (Å²) in [6.45, 7) is 4.79. The summed E-state index contributed by atoms with van der Waals surface area (Å²) in [5, 5.41) is 32.1. The fourth-order valence-corrected chi connectivity index (χ4v) is 6.94. The molecule has 2 aliphatic rings. The summed E-state index contributed by atoms with van der Waals surface area (Å²) in [5.41, 5.74) is 5.24. The zero-order valence-electron chi connectivity index (χ0n) is 30.2. The summed E-state index contributed by atoms with van der Waals surface area (Å²) in [6, 6.07) is -6.45. The molecule has 5 atom stereocenters. The zero-order valence-corrected chi connectivity index (χ0v) is 30.2. The van der Waals surface area contributed by atoms with Gasteiger partial charge in [0, 0.05) is 13.3 Å². The third-order valence-electron chi connectivity index (χ3n) is 9.56. The van der Waals surface area contributed by atoms with Gasteiger partial charge in [-0.25, -0.2) is 4.79 Å². The first-order valence-corrected chi connectivity index (χ1v) is 18.3. The molecule has 2 rings (SSSR count). The lowest BCUT2D eigenvalue weighted by atomic mass is 9.84. The Kier molecular flexibility index (Phi) is 18.4. The Morgan fingerprint density at radius 2 is 1.04 bits per heavy atom. The van der Waals surface area contributed by atoms with Crippen LogP contribution in [-0.4, -0.2) is 87.8 Å². The third-order valence-corrected chi connectivity index (χ3v) is 9.56. The molecule has 0 aromatic carbocycles. The van der Waals surface area contributed by atoms with E-state index in [0.717, 1.165) is 64.2 Å². The summed E-state index contributed by atoms with van der Waals surface area (Å²) in [7, 11) is 0. The molecule has 0 spiro atoms. The highest BCUT2D eigenvalue weighted by Crippen LogP contribution is 2.28. The molecule has 51 heavy (non-hydrogen) atoms. The number of carboxylic acid groups (broad SMARTS) is 2. The van der Waals surface area contributed by atoms with Gasteiger partial charge >= 0.3 is 11.9 Å². The van der Waals surface area contributed by atoms with E-state index in [9.17, 15) is 48.6 Å². The van der Waals surface area contributed by atoms with Crippen LogP contribution in [0.15, 0.2) is 0 Å². The predicted octanol–water partition coefficient (Wildman–Crippen LogP) is 1.24. The maximum absolute atomic E-state index is 13.8. The normalized spacial score (nSPS) is 18.3. The lowest BCUT2D eigenvalue weighted by molar-refractivity contribution is -0.144. The van der Waals surface area contributed by atoms with Crippen molar-refractivity contribution in [3.8, 4) is 0 Å². The molecule has 16 heteroatoms. The van der Waals surface area contributed by atoms with Crippen LogP contribution in [0.1, 0.15) is 124 Å². The predicted molar refractivity (Wildman–Crippen MR) is 185 cm³/mol. The lowest BCUT2D eigenvalue weighted by Gasteiger charge is -2.30. The van der Waals surface area contributed by atoms with Crippen molar-refractivity contribution in [2.45, 2.75) is 154 Å². The fraction of sp³-hybridized carbons (Fsp3) is 0.771. The molecule has 2 aliphatic carbocycles. The van der Waals surface area contributed by atoms with Crippen molar-refractivity contribution in [2.24, 2.45) is 23.5 Å². The summed E-state index contributed by atoms with van der Waals surface area (Å²) in [6.07, 6.45) is 8.61. The van der Waals surface area contributed by atoms with Crippen molar-refractivity contribution < 1.29 is 48.6 Å². The average molecular weight is 723 g/mol. The number of aliphatic carboxylic acids is 2. The van der Waals surface area contributed by atoms with Crippen LogP contribution < -0.4 is 32.3 Å². The van der Waals surface area contributed by atoms with Crippen molar-refractivity contribution in [1.82, 2.24) is 26.6 Å². The van der Waals surface area contributed by atoms with Gasteiger partial charge in [-0.15, -0.1) is 0 Å². The molecule has 6 amide bonds. The van der Waals surface area contributed by atoms with Gasteiger partial charge in [-0.1, -0.05) is 78.1 Å². The van der Waals surface area contributed by atoms with Crippen LogP contribution in [-0.2, 0) is 38.4 Å². The quantitative estimate of drug-likeness (QED) is 0.0840. The minimum absolute atomic E-state index is 0.0429. The SMILES string of the molecule is CC(=O)N[C@@H](CCC(N)=O)C(=O)N[C@@H](CC1CCCCC1)C(=O)N[C@@H](CC(=O)O)C(=O)N[C@@H](CC(C)C)C(=O)N[C@@H](CC1CCCCC1)C(=O)O. The number of hydrogen-bond acceptors (Lipinski definition) is 8. The second kappa shape index (κ2) is 21.9. The van der Waals surface area contributed by atoms with Crippen molar-refractivity contribution in [2.75, 3.05) is 0 Å². The molecule has 0 unspecified atom stereocenters. The van der Waals surface area contributed by atoms with E-state index in [1.807, 2.05) is 0 Å². The maximum atomic E-state index is 13.8. The van der Waals surface area contributed by atoms with Gasteiger partial charge in [0.15, 0.2) is 0 Å². The summed E-state index contributed by atoms with van der Waals surface area (Å²) < 4.78 is 0. The Labute approximate surface area is 299 Å². The van der Waals surface area contributed by atoms with E-state index in [4.69, 9.17) is 5.73 Å². The van der Waals surface area contributed by atoms with E-state index in [1.165, 1.54) is 6.92 Å². The Balaban J connectivity index is 2.26. The van der Waals surface area contributed by atoms with Crippen molar-refractivity contribution >= 4 is 47.4 Å². The minimum Gasteiger partial charge on any atom is -0.481 e. The minimum atomic E-state index is -1.65.